The SMILES string of the molecule is Nc1ccc(Oc2ccc(-c3ccc(-c4ccc(Oc5ccc(N)cc5C(F)(F)F)cc4)c(OPOc4ccccc4)c3)cc2)c(C(F)(F)F)c1. The van der Waals surface area contributed by atoms with E-state index in [4.69, 9.17) is 30.0 Å². The van der Waals surface area contributed by atoms with Gasteiger partial charge in [-0.3, -0.25) is 0 Å². The Morgan fingerprint density at radius 3 is 1.43 bits per heavy atom. The minimum atomic E-state index is -4.66. The molecule has 0 saturated carbocycles. The van der Waals surface area contributed by atoms with E-state index < -0.39 is 32.5 Å². The molecule has 0 spiro atoms. The summed E-state index contributed by atoms with van der Waals surface area (Å²) in [5.41, 5.74) is 11.8. The number of nitrogen functional groups attached to an aromatic ring is 2. The number of halogens is 6. The number of hydrogen-bond acceptors (Lipinski definition) is 6. The maximum atomic E-state index is 13.6. The Kier molecular flexibility index (Phi) is 9.97. The van der Waals surface area contributed by atoms with Crippen LogP contribution in [0.3, 0.4) is 0 Å². The van der Waals surface area contributed by atoms with Gasteiger partial charge in [0, 0.05) is 16.9 Å². The van der Waals surface area contributed by atoms with Crippen molar-refractivity contribution >= 4 is 20.4 Å². The highest BCUT2D eigenvalue weighted by molar-refractivity contribution is 7.27. The zero-order valence-electron chi connectivity index (χ0n) is 26.3. The number of anilines is 2. The molecule has 0 aliphatic carbocycles. The van der Waals surface area contributed by atoms with E-state index in [9.17, 15) is 26.3 Å². The van der Waals surface area contributed by atoms with E-state index in [-0.39, 0.29) is 34.4 Å². The molecule has 6 aromatic carbocycles. The van der Waals surface area contributed by atoms with Crippen molar-refractivity contribution in [1.82, 2.24) is 0 Å². The van der Waals surface area contributed by atoms with Gasteiger partial charge in [0.15, 0.2) is 0 Å². The monoisotopic (exact) mass is 720 g/mol. The Bertz CT molecular complexity index is 2130. The normalized spacial score (nSPS) is 11.8. The lowest BCUT2D eigenvalue weighted by Crippen LogP contribution is -2.08. The lowest BCUT2D eigenvalue weighted by Gasteiger charge is -2.16. The standard InChI is InChI=1S/C38H27F6N2O4P/c39-37(40,41)32-21-26(45)11-18-34(32)47-28-13-6-23(7-14-28)25-10-17-31(36(20-25)50-51-49-30-4-2-1-3-5-30)24-8-15-29(16-9-24)48-35-19-12-27(46)22-33(35)38(42,43)44/h1-22,51H,45-46H2. The fourth-order valence-corrected chi connectivity index (χ4v) is 5.55. The molecular weight excluding hydrogens is 693 g/mol. The van der Waals surface area contributed by atoms with Crippen molar-refractivity contribution in [3.63, 3.8) is 0 Å². The molecule has 0 fully saturated rings. The second-order valence-electron chi connectivity index (χ2n) is 11.1. The molecule has 6 aromatic rings. The molecule has 0 amide bonds. The van der Waals surface area contributed by atoms with Crippen molar-refractivity contribution in [2.24, 2.45) is 0 Å². The summed E-state index contributed by atoms with van der Waals surface area (Å²) in [6.07, 6.45) is -9.32. The van der Waals surface area contributed by atoms with E-state index in [2.05, 4.69) is 0 Å². The summed E-state index contributed by atoms with van der Waals surface area (Å²) in [6, 6.07) is 34.0. The molecule has 0 heterocycles. The summed E-state index contributed by atoms with van der Waals surface area (Å²) >= 11 is 0. The van der Waals surface area contributed by atoms with Gasteiger partial charge in [0.25, 0.3) is 9.03 Å². The molecule has 4 N–H and O–H groups in total. The lowest BCUT2D eigenvalue weighted by atomic mass is 9.99. The fourth-order valence-electron chi connectivity index (χ4n) is 5.02. The molecule has 260 valence electrons. The van der Waals surface area contributed by atoms with Gasteiger partial charge in [-0.1, -0.05) is 54.6 Å². The zero-order chi connectivity index (χ0) is 36.2. The van der Waals surface area contributed by atoms with Crippen LogP contribution in [0.5, 0.6) is 34.5 Å². The maximum absolute atomic E-state index is 13.6. The molecule has 0 saturated heterocycles. The van der Waals surface area contributed by atoms with Crippen molar-refractivity contribution in [2.75, 3.05) is 11.5 Å². The topological polar surface area (TPSA) is 89.0 Å². The molecule has 1 unspecified atom stereocenters. The molecule has 0 aromatic heterocycles. The Labute approximate surface area is 290 Å². The van der Waals surface area contributed by atoms with Crippen LogP contribution in [0.15, 0.2) is 133 Å². The summed E-state index contributed by atoms with van der Waals surface area (Å²) in [7, 11) is -0.435. The summed E-state index contributed by atoms with van der Waals surface area (Å²) < 4.78 is 104. The average Bonchev–Trinajstić information content (AvgIpc) is 3.10. The number of hydrogen-bond donors (Lipinski definition) is 2. The van der Waals surface area contributed by atoms with Gasteiger partial charge in [-0.15, -0.1) is 0 Å². The zero-order valence-corrected chi connectivity index (χ0v) is 27.3. The molecule has 6 rings (SSSR count). The summed E-state index contributed by atoms with van der Waals surface area (Å²) in [6.45, 7) is 0. The number of alkyl halides is 6. The van der Waals surface area contributed by atoms with Crippen molar-refractivity contribution in [3.05, 3.63) is 145 Å². The van der Waals surface area contributed by atoms with Crippen LogP contribution in [0, 0.1) is 0 Å². The maximum Gasteiger partial charge on any atom is 0.420 e. The van der Waals surface area contributed by atoms with Crippen LogP contribution in [-0.2, 0) is 12.4 Å². The largest absolute Gasteiger partial charge is 0.457 e. The van der Waals surface area contributed by atoms with E-state index in [1.807, 2.05) is 30.3 Å². The molecule has 0 bridgehead atoms. The van der Waals surface area contributed by atoms with Crippen LogP contribution in [0.25, 0.3) is 22.3 Å². The number of benzene rings is 6. The van der Waals surface area contributed by atoms with E-state index in [1.165, 1.54) is 36.4 Å². The quantitative estimate of drug-likeness (QED) is 0.0832. The number of rotatable bonds is 10. The van der Waals surface area contributed by atoms with Gasteiger partial charge in [0.2, 0.25) is 0 Å². The van der Waals surface area contributed by atoms with Crippen molar-refractivity contribution < 1.29 is 44.9 Å². The van der Waals surface area contributed by atoms with Gasteiger partial charge >= 0.3 is 12.4 Å². The number of nitrogens with two attached hydrogens (primary N) is 2. The third-order valence-electron chi connectivity index (χ3n) is 7.46. The molecule has 0 radical (unpaired) electrons. The van der Waals surface area contributed by atoms with Gasteiger partial charge in [-0.2, -0.15) is 26.3 Å². The molecule has 13 heteroatoms. The first kappa shape index (κ1) is 35.0. The summed E-state index contributed by atoms with van der Waals surface area (Å²) in [4.78, 5) is 0. The Hall–Kier alpha value is -5.87. The predicted octanol–water partition coefficient (Wildman–Crippen LogP) is 11.8. The van der Waals surface area contributed by atoms with Crippen LogP contribution in [0.4, 0.5) is 37.7 Å². The average molecular weight is 721 g/mol. The minimum absolute atomic E-state index is 0.0387. The summed E-state index contributed by atoms with van der Waals surface area (Å²) in [5.74, 6) is 0.624. The van der Waals surface area contributed by atoms with Crippen LogP contribution in [0.2, 0.25) is 0 Å². The van der Waals surface area contributed by atoms with Crippen LogP contribution in [-0.4, -0.2) is 0 Å². The molecule has 6 nitrogen and oxygen atoms in total. The van der Waals surface area contributed by atoms with Gasteiger partial charge in [-0.25, -0.2) is 0 Å². The first-order valence-corrected chi connectivity index (χ1v) is 15.9. The smallest absolute Gasteiger partial charge is 0.420 e. The molecular formula is C38H27F6N2O4P. The molecule has 51 heavy (non-hydrogen) atoms. The minimum Gasteiger partial charge on any atom is -0.457 e. The van der Waals surface area contributed by atoms with E-state index in [0.29, 0.717) is 28.2 Å². The van der Waals surface area contributed by atoms with Gasteiger partial charge in [-0.05, 0) is 95.6 Å². The van der Waals surface area contributed by atoms with Gasteiger partial charge < -0.3 is 30.0 Å². The molecule has 0 aliphatic rings. The third kappa shape index (κ3) is 8.66. The van der Waals surface area contributed by atoms with Crippen molar-refractivity contribution in [2.45, 2.75) is 12.4 Å². The number of ether oxygens (including phenoxy) is 2. The second kappa shape index (κ2) is 14.5. The highest BCUT2D eigenvalue weighted by Gasteiger charge is 2.35. The Balaban J connectivity index is 1.26. The second-order valence-corrected chi connectivity index (χ2v) is 11.6. The third-order valence-corrected chi connectivity index (χ3v) is 8.08. The van der Waals surface area contributed by atoms with Gasteiger partial charge in [0.05, 0.1) is 0 Å². The van der Waals surface area contributed by atoms with E-state index in [0.717, 1.165) is 17.7 Å². The highest BCUT2D eigenvalue weighted by Crippen LogP contribution is 2.43. The van der Waals surface area contributed by atoms with E-state index >= 15 is 0 Å². The Morgan fingerprint density at radius 2 is 0.922 bits per heavy atom. The van der Waals surface area contributed by atoms with Crippen molar-refractivity contribution in [3.8, 4) is 56.8 Å². The highest BCUT2D eigenvalue weighted by atomic mass is 31.1. The Morgan fingerprint density at radius 1 is 0.431 bits per heavy atom. The molecule has 0 aliphatic heterocycles. The first-order valence-electron chi connectivity index (χ1n) is 15.1. The van der Waals surface area contributed by atoms with Gasteiger partial charge in [0.1, 0.15) is 45.6 Å². The van der Waals surface area contributed by atoms with Crippen LogP contribution < -0.4 is 30.0 Å². The van der Waals surface area contributed by atoms with E-state index in [1.54, 1.807) is 54.6 Å². The van der Waals surface area contributed by atoms with Crippen LogP contribution >= 0.6 is 9.03 Å². The van der Waals surface area contributed by atoms with Crippen molar-refractivity contribution in [1.29, 1.82) is 0 Å². The predicted molar refractivity (Wildman–Crippen MR) is 185 cm³/mol. The summed E-state index contributed by atoms with van der Waals surface area (Å²) in [5, 5.41) is 0. The first-order chi connectivity index (χ1) is 24.3. The van der Waals surface area contributed by atoms with Crippen LogP contribution in [0.1, 0.15) is 11.1 Å². The number of para-hydroxylation sites is 1. The lowest BCUT2D eigenvalue weighted by molar-refractivity contribution is -0.139. The fraction of sp³-hybridized carbons (Fsp3) is 0.0526. The molecule has 1 atom stereocenters.